The molecule has 3 rings (SSSR count). The number of halogens is 1. The normalized spacial score (nSPS) is 20.0. The number of carbonyl (C=O) groups excluding carboxylic acids is 1. The first-order valence-corrected chi connectivity index (χ1v) is 9.04. The summed E-state index contributed by atoms with van der Waals surface area (Å²) in [7, 11) is 0. The zero-order valence-electron chi connectivity index (χ0n) is 15.0. The lowest BCUT2D eigenvalue weighted by Gasteiger charge is -2.18. The number of hydrogen-bond donors (Lipinski definition) is 1. The predicted molar refractivity (Wildman–Crippen MR) is 98.9 cm³/mol. The summed E-state index contributed by atoms with van der Waals surface area (Å²) in [6, 6.07) is 7.35. The topological polar surface area (TPSA) is 75.4 Å². The Kier molecular flexibility index (Phi) is 5.05. The fraction of sp³-hybridized carbons (Fsp3) is 0.421. The van der Waals surface area contributed by atoms with Crippen LogP contribution < -0.4 is 0 Å². The highest BCUT2D eigenvalue weighted by molar-refractivity contribution is 6.32. The van der Waals surface area contributed by atoms with Crippen LogP contribution in [0.3, 0.4) is 0 Å². The first kappa shape index (κ1) is 18.5. The zero-order chi connectivity index (χ0) is 19.0. The first-order chi connectivity index (χ1) is 12.3. The van der Waals surface area contributed by atoms with Crippen LogP contribution in [-0.2, 0) is 4.79 Å². The molecule has 1 saturated heterocycles. The Labute approximate surface area is 157 Å². The summed E-state index contributed by atoms with van der Waals surface area (Å²) in [6.07, 6.45) is 1.56. The monoisotopic (exact) mass is 375 g/mol. The van der Waals surface area contributed by atoms with Crippen molar-refractivity contribution in [2.75, 3.05) is 13.1 Å². The van der Waals surface area contributed by atoms with E-state index in [2.05, 4.69) is 5.10 Å². The summed E-state index contributed by atoms with van der Waals surface area (Å²) in [5.74, 6) is -1.59. The average molecular weight is 376 g/mol. The van der Waals surface area contributed by atoms with E-state index in [1.165, 1.54) is 0 Å². The van der Waals surface area contributed by atoms with Crippen LogP contribution in [0.4, 0.5) is 0 Å². The summed E-state index contributed by atoms with van der Waals surface area (Å²) in [5.41, 5.74) is 1.99. The molecular weight excluding hydrogens is 354 g/mol. The van der Waals surface area contributed by atoms with Crippen LogP contribution in [-0.4, -0.2) is 44.8 Å². The minimum atomic E-state index is -0.858. The minimum Gasteiger partial charge on any atom is -0.481 e. The van der Waals surface area contributed by atoms with Crippen LogP contribution >= 0.6 is 11.6 Å². The SMILES string of the molecule is CC(C)c1c(C(=O)N2C[C@@H](C)[C@H](C(=O)O)C2)cnn1-c1ccccc1Cl. The van der Waals surface area contributed by atoms with E-state index in [0.717, 1.165) is 11.4 Å². The maximum Gasteiger partial charge on any atom is 0.308 e. The Bertz CT molecular complexity index is 846. The van der Waals surface area contributed by atoms with Gasteiger partial charge in [0.25, 0.3) is 5.91 Å². The van der Waals surface area contributed by atoms with E-state index in [0.29, 0.717) is 17.1 Å². The van der Waals surface area contributed by atoms with Gasteiger partial charge in [-0.1, -0.05) is 44.5 Å². The lowest BCUT2D eigenvalue weighted by Crippen LogP contribution is -2.30. The molecule has 1 fully saturated rings. The summed E-state index contributed by atoms with van der Waals surface area (Å²) >= 11 is 6.30. The van der Waals surface area contributed by atoms with Crippen LogP contribution in [0.2, 0.25) is 5.02 Å². The molecule has 1 aliphatic heterocycles. The van der Waals surface area contributed by atoms with E-state index in [-0.39, 0.29) is 24.3 Å². The van der Waals surface area contributed by atoms with E-state index < -0.39 is 11.9 Å². The van der Waals surface area contributed by atoms with Crippen LogP contribution in [0.5, 0.6) is 0 Å². The standard InChI is InChI=1S/C19H22ClN3O3/c1-11(2)17-13(8-21-23(17)16-7-5-4-6-15(16)20)18(24)22-9-12(3)14(10-22)19(25)26/h4-8,11-12,14H,9-10H2,1-3H3,(H,25,26)/t12-,14-/m1/s1. The van der Waals surface area contributed by atoms with Crippen molar-refractivity contribution in [3.05, 3.63) is 46.7 Å². The molecule has 7 heteroatoms. The molecule has 2 aromatic rings. The van der Waals surface area contributed by atoms with Gasteiger partial charge in [0.05, 0.1) is 34.1 Å². The third kappa shape index (κ3) is 3.21. The number of amides is 1. The Morgan fingerprint density at radius 2 is 1.96 bits per heavy atom. The van der Waals surface area contributed by atoms with Crippen LogP contribution in [0.25, 0.3) is 5.69 Å². The fourth-order valence-electron chi connectivity index (χ4n) is 3.52. The van der Waals surface area contributed by atoms with Crippen LogP contribution in [0, 0.1) is 11.8 Å². The molecule has 1 aromatic carbocycles. The number of carbonyl (C=O) groups is 2. The predicted octanol–water partition coefficient (Wildman–Crippen LogP) is 3.44. The molecule has 1 aromatic heterocycles. The van der Waals surface area contributed by atoms with Crippen molar-refractivity contribution in [1.82, 2.24) is 14.7 Å². The highest BCUT2D eigenvalue weighted by Crippen LogP contribution is 2.30. The molecule has 0 unspecified atom stereocenters. The number of nitrogens with zero attached hydrogens (tertiary/aromatic N) is 3. The van der Waals surface area contributed by atoms with Gasteiger partial charge in [0.15, 0.2) is 0 Å². The van der Waals surface area contributed by atoms with E-state index in [4.69, 9.17) is 11.6 Å². The van der Waals surface area contributed by atoms with E-state index >= 15 is 0 Å². The molecule has 2 heterocycles. The Morgan fingerprint density at radius 3 is 2.54 bits per heavy atom. The third-order valence-electron chi connectivity index (χ3n) is 4.88. The number of aliphatic carboxylic acids is 1. The van der Waals surface area contributed by atoms with Gasteiger partial charge in [0.2, 0.25) is 0 Å². The number of benzene rings is 1. The van der Waals surface area contributed by atoms with Gasteiger partial charge in [-0.25, -0.2) is 4.68 Å². The van der Waals surface area contributed by atoms with E-state index in [1.807, 2.05) is 39.0 Å². The molecule has 0 aliphatic carbocycles. The molecule has 1 N–H and O–H groups in total. The molecule has 0 spiro atoms. The number of carboxylic acids is 1. The van der Waals surface area contributed by atoms with Crippen molar-refractivity contribution in [2.45, 2.75) is 26.7 Å². The van der Waals surface area contributed by atoms with Crippen molar-refractivity contribution in [3.63, 3.8) is 0 Å². The molecule has 1 amide bonds. The van der Waals surface area contributed by atoms with E-state index in [9.17, 15) is 14.7 Å². The van der Waals surface area contributed by atoms with Crippen LogP contribution in [0.1, 0.15) is 42.7 Å². The second-order valence-corrected chi connectivity index (χ2v) is 7.50. The number of aromatic nitrogens is 2. The molecule has 1 aliphatic rings. The maximum absolute atomic E-state index is 13.1. The summed E-state index contributed by atoms with van der Waals surface area (Å²) in [4.78, 5) is 26.0. The third-order valence-corrected chi connectivity index (χ3v) is 5.20. The molecule has 0 bridgehead atoms. The molecular formula is C19H22ClN3O3. The zero-order valence-corrected chi connectivity index (χ0v) is 15.8. The van der Waals surface area contributed by atoms with Crippen molar-refractivity contribution < 1.29 is 14.7 Å². The van der Waals surface area contributed by atoms with Crippen LogP contribution in [0.15, 0.2) is 30.5 Å². The van der Waals surface area contributed by atoms with Crippen molar-refractivity contribution in [3.8, 4) is 5.69 Å². The van der Waals surface area contributed by atoms with Gasteiger partial charge < -0.3 is 10.0 Å². The Morgan fingerprint density at radius 1 is 1.27 bits per heavy atom. The number of likely N-dealkylation sites (tertiary alicyclic amines) is 1. The first-order valence-electron chi connectivity index (χ1n) is 8.66. The Balaban J connectivity index is 1.98. The average Bonchev–Trinajstić information content (AvgIpc) is 3.18. The second kappa shape index (κ2) is 7.11. The molecule has 138 valence electrons. The second-order valence-electron chi connectivity index (χ2n) is 7.09. The fourth-order valence-corrected chi connectivity index (χ4v) is 3.73. The number of carboxylic acid groups (broad SMARTS) is 1. The Hall–Kier alpha value is -2.34. The molecule has 2 atom stereocenters. The summed E-state index contributed by atoms with van der Waals surface area (Å²) in [5, 5.41) is 14.3. The lowest BCUT2D eigenvalue weighted by atomic mass is 9.99. The molecule has 0 saturated carbocycles. The van der Waals surface area contributed by atoms with Gasteiger partial charge in [0, 0.05) is 13.1 Å². The number of rotatable bonds is 4. The molecule has 0 radical (unpaired) electrons. The summed E-state index contributed by atoms with van der Waals surface area (Å²) in [6.45, 7) is 6.51. The number of para-hydroxylation sites is 1. The highest BCUT2D eigenvalue weighted by atomic mass is 35.5. The maximum atomic E-state index is 13.1. The van der Waals surface area contributed by atoms with Gasteiger partial charge in [-0.15, -0.1) is 0 Å². The minimum absolute atomic E-state index is 0.0445. The van der Waals surface area contributed by atoms with Gasteiger partial charge in [-0.2, -0.15) is 5.10 Å². The smallest absolute Gasteiger partial charge is 0.308 e. The molecule has 6 nitrogen and oxygen atoms in total. The summed E-state index contributed by atoms with van der Waals surface area (Å²) < 4.78 is 1.70. The van der Waals surface area contributed by atoms with Crippen molar-refractivity contribution in [1.29, 1.82) is 0 Å². The number of hydrogen-bond acceptors (Lipinski definition) is 3. The van der Waals surface area contributed by atoms with Crippen molar-refractivity contribution >= 4 is 23.5 Å². The molecule has 26 heavy (non-hydrogen) atoms. The largest absolute Gasteiger partial charge is 0.481 e. The lowest BCUT2D eigenvalue weighted by molar-refractivity contribution is -0.142. The quantitative estimate of drug-likeness (QED) is 0.888. The highest BCUT2D eigenvalue weighted by Gasteiger charge is 2.38. The van der Waals surface area contributed by atoms with Gasteiger partial charge in [-0.05, 0) is 24.0 Å². The van der Waals surface area contributed by atoms with Gasteiger partial charge >= 0.3 is 5.97 Å². The van der Waals surface area contributed by atoms with Crippen molar-refractivity contribution in [2.24, 2.45) is 11.8 Å². The van der Waals surface area contributed by atoms with Gasteiger partial charge in [-0.3, -0.25) is 9.59 Å². The van der Waals surface area contributed by atoms with Gasteiger partial charge in [0.1, 0.15) is 0 Å². The van der Waals surface area contributed by atoms with E-state index in [1.54, 1.807) is 21.8 Å².